The van der Waals surface area contributed by atoms with Crippen LogP contribution in [0.4, 0.5) is 0 Å². The maximum atomic E-state index is 4.42. The van der Waals surface area contributed by atoms with Gasteiger partial charge in [0.1, 0.15) is 5.82 Å². The first-order valence-corrected chi connectivity index (χ1v) is 8.43. The van der Waals surface area contributed by atoms with E-state index in [0.717, 1.165) is 38.1 Å². The van der Waals surface area contributed by atoms with Crippen LogP contribution < -0.4 is 5.32 Å². The summed E-state index contributed by atoms with van der Waals surface area (Å²) in [4.78, 5) is 4.42. The van der Waals surface area contributed by atoms with Crippen LogP contribution in [0.1, 0.15) is 31.2 Å². The van der Waals surface area contributed by atoms with Gasteiger partial charge in [0, 0.05) is 36.4 Å². The smallest absolute Gasteiger partial charge is 0.108 e. The number of hydrogen-bond acceptors (Lipinski definition) is 2. The maximum absolute atomic E-state index is 4.42. The van der Waals surface area contributed by atoms with Gasteiger partial charge in [0.25, 0.3) is 0 Å². The van der Waals surface area contributed by atoms with Gasteiger partial charge in [0.05, 0.1) is 0 Å². The van der Waals surface area contributed by atoms with E-state index in [1.807, 2.05) is 12.4 Å². The number of imidazole rings is 1. The van der Waals surface area contributed by atoms with Crippen molar-refractivity contribution in [1.82, 2.24) is 14.9 Å². The molecule has 1 aromatic heterocycles. The van der Waals surface area contributed by atoms with Crippen LogP contribution in [0.3, 0.4) is 0 Å². The zero-order valence-corrected chi connectivity index (χ0v) is 14.4. The molecule has 1 aromatic carbocycles. The standard InChI is InChI=1S/C17H24BrN3/c1-3-10-19-15(8-9-17-20-11-12-21(17)2)13-14-6-4-5-7-16(14)18/h4-7,11-12,15,19H,3,8-10,13H2,1-2H3. The summed E-state index contributed by atoms with van der Waals surface area (Å²) in [5.41, 5.74) is 1.37. The van der Waals surface area contributed by atoms with Crippen LogP contribution in [-0.2, 0) is 19.9 Å². The summed E-state index contributed by atoms with van der Waals surface area (Å²) in [6.45, 7) is 3.27. The van der Waals surface area contributed by atoms with E-state index in [2.05, 4.69) is 69.0 Å². The average molecular weight is 350 g/mol. The lowest BCUT2D eigenvalue weighted by atomic mass is 10.0. The molecule has 0 radical (unpaired) electrons. The molecule has 2 rings (SSSR count). The van der Waals surface area contributed by atoms with Crippen molar-refractivity contribution in [2.24, 2.45) is 7.05 Å². The molecule has 0 saturated carbocycles. The fourth-order valence-corrected chi connectivity index (χ4v) is 2.94. The molecule has 21 heavy (non-hydrogen) atoms. The highest BCUT2D eigenvalue weighted by Gasteiger charge is 2.12. The molecule has 2 aromatic rings. The third-order valence-electron chi connectivity index (χ3n) is 3.74. The largest absolute Gasteiger partial charge is 0.338 e. The monoisotopic (exact) mass is 349 g/mol. The number of nitrogens with zero attached hydrogens (tertiary/aromatic N) is 2. The molecular formula is C17H24BrN3. The van der Waals surface area contributed by atoms with E-state index in [-0.39, 0.29) is 0 Å². The molecule has 1 heterocycles. The van der Waals surface area contributed by atoms with Gasteiger partial charge in [-0.1, -0.05) is 41.1 Å². The SMILES string of the molecule is CCCNC(CCc1nccn1C)Cc1ccccc1Br. The molecule has 0 aliphatic carbocycles. The molecule has 3 nitrogen and oxygen atoms in total. The Balaban J connectivity index is 1.97. The highest BCUT2D eigenvalue weighted by molar-refractivity contribution is 9.10. The summed E-state index contributed by atoms with van der Waals surface area (Å²) in [7, 11) is 2.06. The van der Waals surface area contributed by atoms with E-state index in [1.54, 1.807) is 0 Å². The van der Waals surface area contributed by atoms with Crippen LogP contribution in [0, 0.1) is 0 Å². The van der Waals surface area contributed by atoms with Crippen molar-refractivity contribution < 1.29 is 0 Å². The van der Waals surface area contributed by atoms with Crippen LogP contribution in [-0.4, -0.2) is 22.1 Å². The van der Waals surface area contributed by atoms with Crippen LogP contribution in [0.15, 0.2) is 41.1 Å². The highest BCUT2D eigenvalue weighted by Crippen LogP contribution is 2.19. The minimum Gasteiger partial charge on any atom is -0.338 e. The molecule has 0 aliphatic heterocycles. The molecule has 4 heteroatoms. The maximum Gasteiger partial charge on any atom is 0.108 e. The Bertz CT molecular complexity index is 550. The Morgan fingerprint density at radius 2 is 2.14 bits per heavy atom. The zero-order chi connectivity index (χ0) is 15.1. The first kappa shape index (κ1) is 16.2. The number of rotatable bonds is 8. The minimum atomic E-state index is 0.486. The summed E-state index contributed by atoms with van der Waals surface area (Å²) in [5, 5.41) is 3.67. The van der Waals surface area contributed by atoms with Crippen molar-refractivity contribution in [3.8, 4) is 0 Å². The molecule has 0 fully saturated rings. The summed E-state index contributed by atoms with van der Waals surface area (Å²) < 4.78 is 3.31. The topological polar surface area (TPSA) is 29.9 Å². The van der Waals surface area contributed by atoms with Crippen molar-refractivity contribution in [3.63, 3.8) is 0 Å². The molecule has 114 valence electrons. The molecular weight excluding hydrogens is 326 g/mol. The number of halogens is 1. The Labute approximate surface area is 135 Å². The van der Waals surface area contributed by atoms with Gasteiger partial charge in [-0.25, -0.2) is 4.98 Å². The van der Waals surface area contributed by atoms with Gasteiger partial charge in [-0.15, -0.1) is 0 Å². The van der Waals surface area contributed by atoms with E-state index < -0.39 is 0 Å². The molecule has 0 saturated heterocycles. The van der Waals surface area contributed by atoms with Gasteiger partial charge in [0.2, 0.25) is 0 Å². The number of benzene rings is 1. The Morgan fingerprint density at radius 3 is 2.81 bits per heavy atom. The van der Waals surface area contributed by atoms with Crippen LogP contribution in [0.2, 0.25) is 0 Å². The van der Waals surface area contributed by atoms with Crippen LogP contribution >= 0.6 is 15.9 Å². The van der Waals surface area contributed by atoms with Gasteiger partial charge < -0.3 is 9.88 Å². The third kappa shape index (κ3) is 4.97. The van der Waals surface area contributed by atoms with Crippen molar-refractivity contribution in [2.45, 2.75) is 38.6 Å². The number of aryl methyl sites for hydroxylation is 2. The molecule has 0 amide bonds. The quantitative estimate of drug-likeness (QED) is 0.786. The van der Waals surface area contributed by atoms with Crippen LogP contribution in [0.5, 0.6) is 0 Å². The van der Waals surface area contributed by atoms with Crippen molar-refractivity contribution in [2.75, 3.05) is 6.54 Å². The predicted octanol–water partition coefficient (Wildman–Crippen LogP) is 3.73. The van der Waals surface area contributed by atoms with Gasteiger partial charge in [0.15, 0.2) is 0 Å². The van der Waals surface area contributed by atoms with E-state index in [4.69, 9.17) is 0 Å². The number of aromatic nitrogens is 2. The highest BCUT2D eigenvalue weighted by atomic mass is 79.9. The van der Waals surface area contributed by atoms with Crippen molar-refractivity contribution in [3.05, 3.63) is 52.5 Å². The average Bonchev–Trinajstić information content (AvgIpc) is 2.89. The van der Waals surface area contributed by atoms with Crippen molar-refractivity contribution >= 4 is 15.9 Å². The summed E-state index contributed by atoms with van der Waals surface area (Å²) in [5.74, 6) is 1.16. The zero-order valence-electron chi connectivity index (χ0n) is 12.8. The fourth-order valence-electron chi connectivity index (χ4n) is 2.49. The second-order valence-corrected chi connectivity index (χ2v) is 6.29. The number of hydrogen-bond donors (Lipinski definition) is 1. The van der Waals surface area contributed by atoms with E-state index in [0.29, 0.717) is 6.04 Å². The molecule has 1 atom stereocenters. The fraction of sp³-hybridized carbons (Fsp3) is 0.471. The summed E-state index contributed by atoms with van der Waals surface area (Å²) >= 11 is 3.65. The molecule has 0 aliphatic rings. The van der Waals surface area contributed by atoms with Gasteiger partial charge in [-0.05, 0) is 37.4 Å². The molecule has 0 bridgehead atoms. The third-order valence-corrected chi connectivity index (χ3v) is 4.52. The summed E-state index contributed by atoms with van der Waals surface area (Å²) in [6, 6.07) is 8.97. The lowest BCUT2D eigenvalue weighted by Crippen LogP contribution is -2.32. The van der Waals surface area contributed by atoms with Crippen LogP contribution in [0.25, 0.3) is 0 Å². The molecule has 1 N–H and O–H groups in total. The first-order valence-electron chi connectivity index (χ1n) is 7.63. The second kappa shape index (κ2) is 8.35. The second-order valence-electron chi connectivity index (χ2n) is 5.44. The first-order chi connectivity index (χ1) is 10.2. The Kier molecular flexibility index (Phi) is 6.46. The lowest BCUT2D eigenvalue weighted by Gasteiger charge is -2.19. The predicted molar refractivity (Wildman–Crippen MR) is 91.5 cm³/mol. The van der Waals surface area contributed by atoms with Gasteiger partial charge in [-0.2, -0.15) is 0 Å². The van der Waals surface area contributed by atoms with Gasteiger partial charge in [-0.3, -0.25) is 0 Å². The van der Waals surface area contributed by atoms with E-state index >= 15 is 0 Å². The van der Waals surface area contributed by atoms with E-state index in [1.165, 1.54) is 10.0 Å². The Hall–Kier alpha value is -1.13. The molecule has 0 spiro atoms. The lowest BCUT2D eigenvalue weighted by molar-refractivity contribution is 0.470. The van der Waals surface area contributed by atoms with Crippen molar-refractivity contribution in [1.29, 1.82) is 0 Å². The normalized spacial score (nSPS) is 12.5. The molecule has 1 unspecified atom stereocenters. The number of nitrogens with one attached hydrogen (secondary N) is 1. The van der Waals surface area contributed by atoms with E-state index in [9.17, 15) is 0 Å². The summed E-state index contributed by atoms with van der Waals surface area (Å²) in [6.07, 6.45) is 8.21. The Morgan fingerprint density at radius 1 is 1.33 bits per heavy atom. The van der Waals surface area contributed by atoms with Gasteiger partial charge >= 0.3 is 0 Å². The minimum absolute atomic E-state index is 0.486.